The van der Waals surface area contributed by atoms with Crippen molar-refractivity contribution in [3.05, 3.63) is 29.3 Å². The van der Waals surface area contributed by atoms with E-state index in [0.29, 0.717) is 11.8 Å². The van der Waals surface area contributed by atoms with Crippen LogP contribution in [0, 0.1) is 11.8 Å². The van der Waals surface area contributed by atoms with Crippen LogP contribution in [-0.2, 0) is 6.42 Å². The number of fused-ring (bicyclic) bond motifs is 1. The molecule has 0 amide bonds. The predicted molar refractivity (Wildman–Crippen MR) is 66.6 cm³/mol. The molecule has 2 nitrogen and oxygen atoms in total. The molecule has 88 valence electrons. The summed E-state index contributed by atoms with van der Waals surface area (Å²) in [5.41, 5.74) is 8.84. The third kappa shape index (κ3) is 2.07. The van der Waals surface area contributed by atoms with E-state index >= 15 is 0 Å². The van der Waals surface area contributed by atoms with Crippen molar-refractivity contribution in [3.63, 3.8) is 0 Å². The maximum Gasteiger partial charge on any atom is 0.122 e. The van der Waals surface area contributed by atoms with E-state index in [0.717, 1.165) is 18.8 Å². The minimum absolute atomic E-state index is 0.130. The van der Waals surface area contributed by atoms with Crippen LogP contribution in [0.25, 0.3) is 0 Å². The molecule has 1 heterocycles. The zero-order valence-corrected chi connectivity index (χ0v) is 10.4. The van der Waals surface area contributed by atoms with Gasteiger partial charge in [0.05, 0.1) is 6.61 Å². The van der Waals surface area contributed by atoms with Gasteiger partial charge in [0, 0.05) is 12.5 Å². The highest BCUT2D eigenvalue weighted by Gasteiger charge is 2.20. The second-order valence-corrected chi connectivity index (χ2v) is 5.09. The van der Waals surface area contributed by atoms with Gasteiger partial charge in [-0.25, -0.2) is 0 Å². The zero-order valence-electron chi connectivity index (χ0n) is 10.4. The average molecular weight is 219 g/mol. The number of hydrogen-bond acceptors (Lipinski definition) is 2. The van der Waals surface area contributed by atoms with Gasteiger partial charge in [-0.2, -0.15) is 0 Å². The Bertz CT molecular complexity index is 373. The minimum Gasteiger partial charge on any atom is -0.493 e. The Morgan fingerprint density at radius 1 is 1.25 bits per heavy atom. The van der Waals surface area contributed by atoms with E-state index < -0.39 is 0 Å². The lowest BCUT2D eigenvalue weighted by Gasteiger charge is -2.24. The fraction of sp³-hybridized carbons (Fsp3) is 0.571. The number of benzene rings is 1. The first-order valence-corrected chi connectivity index (χ1v) is 6.11. The fourth-order valence-electron chi connectivity index (χ4n) is 2.13. The lowest BCUT2D eigenvalue weighted by atomic mass is 9.86. The first kappa shape index (κ1) is 11.5. The Labute approximate surface area is 97.8 Å². The van der Waals surface area contributed by atoms with Crippen molar-refractivity contribution < 1.29 is 4.74 Å². The van der Waals surface area contributed by atoms with Gasteiger partial charge in [-0.1, -0.05) is 32.9 Å². The molecule has 16 heavy (non-hydrogen) atoms. The minimum atomic E-state index is 0.130. The molecule has 0 aromatic heterocycles. The maximum atomic E-state index is 6.29. The molecular weight excluding hydrogens is 198 g/mol. The van der Waals surface area contributed by atoms with Gasteiger partial charge < -0.3 is 10.5 Å². The van der Waals surface area contributed by atoms with Crippen LogP contribution in [0.15, 0.2) is 18.2 Å². The first-order valence-electron chi connectivity index (χ1n) is 6.11. The maximum absolute atomic E-state index is 6.29. The van der Waals surface area contributed by atoms with E-state index in [1.807, 2.05) is 0 Å². The molecular formula is C14H21NO. The van der Waals surface area contributed by atoms with Gasteiger partial charge in [0.1, 0.15) is 5.75 Å². The molecule has 1 aliphatic heterocycles. The Morgan fingerprint density at radius 3 is 2.69 bits per heavy atom. The lowest BCUT2D eigenvalue weighted by Crippen LogP contribution is -2.23. The summed E-state index contributed by atoms with van der Waals surface area (Å²) in [7, 11) is 0. The molecule has 2 N–H and O–H groups in total. The smallest absolute Gasteiger partial charge is 0.122 e. The Kier molecular flexibility index (Phi) is 3.20. The van der Waals surface area contributed by atoms with E-state index in [4.69, 9.17) is 10.5 Å². The number of rotatable bonds is 3. The molecule has 0 saturated carbocycles. The summed E-state index contributed by atoms with van der Waals surface area (Å²) in [5.74, 6) is 2.15. The second-order valence-electron chi connectivity index (χ2n) is 5.09. The van der Waals surface area contributed by atoms with Crippen molar-refractivity contribution >= 4 is 0 Å². The van der Waals surface area contributed by atoms with Gasteiger partial charge in [0.15, 0.2) is 0 Å². The SMILES string of the molecule is CC(C)C(C)C(N)c1ccc2c(c1)CCO2. The Hall–Kier alpha value is -1.02. The summed E-state index contributed by atoms with van der Waals surface area (Å²) in [6, 6.07) is 6.51. The summed E-state index contributed by atoms with van der Waals surface area (Å²) < 4.78 is 5.50. The molecule has 1 aromatic carbocycles. The van der Waals surface area contributed by atoms with Crippen LogP contribution >= 0.6 is 0 Å². The summed E-state index contributed by atoms with van der Waals surface area (Å²) in [6.45, 7) is 7.48. The molecule has 2 heteroatoms. The highest BCUT2D eigenvalue weighted by molar-refractivity contribution is 5.40. The standard InChI is InChI=1S/C14H21NO/c1-9(2)10(3)14(15)12-4-5-13-11(8-12)6-7-16-13/h4-5,8-10,14H,6-7,15H2,1-3H3. The topological polar surface area (TPSA) is 35.2 Å². The van der Waals surface area contributed by atoms with Gasteiger partial charge in [-0.3, -0.25) is 0 Å². The van der Waals surface area contributed by atoms with Crippen LogP contribution in [0.3, 0.4) is 0 Å². The monoisotopic (exact) mass is 219 g/mol. The predicted octanol–water partition coefficient (Wildman–Crippen LogP) is 2.91. The van der Waals surface area contributed by atoms with Gasteiger partial charge in [-0.15, -0.1) is 0 Å². The van der Waals surface area contributed by atoms with Crippen molar-refractivity contribution in [2.75, 3.05) is 6.61 Å². The molecule has 2 atom stereocenters. The van der Waals surface area contributed by atoms with Gasteiger partial charge >= 0.3 is 0 Å². The lowest BCUT2D eigenvalue weighted by molar-refractivity contribution is 0.351. The van der Waals surface area contributed by atoms with Crippen LogP contribution in [0.2, 0.25) is 0 Å². The number of ether oxygens (including phenoxy) is 1. The Balaban J connectivity index is 2.21. The molecule has 0 bridgehead atoms. The quantitative estimate of drug-likeness (QED) is 0.848. The normalized spacial score (nSPS) is 18.1. The summed E-state index contributed by atoms with van der Waals surface area (Å²) in [4.78, 5) is 0. The molecule has 2 rings (SSSR count). The van der Waals surface area contributed by atoms with E-state index in [-0.39, 0.29) is 6.04 Å². The number of nitrogens with two attached hydrogens (primary N) is 1. The highest BCUT2D eigenvalue weighted by Crippen LogP contribution is 2.31. The largest absolute Gasteiger partial charge is 0.493 e. The molecule has 0 radical (unpaired) electrons. The van der Waals surface area contributed by atoms with E-state index in [2.05, 4.69) is 39.0 Å². The summed E-state index contributed by atoms with van der Waals surface area (Å²) >= 11 is 0. The molecule has 1 aliphatic rings. The van der Waals surface area contributed by atoms with Crippen molar-refractivity contribution in [2.45, 2.75) is 33.2 Å². The molecule has 0 fully saturated rings. The van der Waals surface area contributed by atoms with Crippen LogP contribution in [-0.4, -0.2) is 6.61 Å². The fourth-order valence-corrected chi connectivity index (χ4v) is 2.13. The number of hydrogen-bond donors (Lipinski definition) is 1. The average Bonchev–Trinajstić information content (AvgIpc) is 2.73. The third-order valence-corrected chi connectivity index (χ3v) is 3.72. The van der Waals surface area contributed by atoms with E-state index in [9.17, 15) is 0 Å². The molecule has 0 spiro atoms. The van der Waals surface area contributed by atoms with Crippen LogP contribution in [0.5, 0.6) is 5.75 Å². The summed E-state index contributed by atoms with van der Waals surface area (Å²) in [6.07, 6.45) is 1.02. The first-order chi connectivity index (χ1) is 7.59. The van der Waals surface area contributed by atoms with Crippen molar-refractivity contribution in [2.24, 2.45) is 17.6 Å². The second kappa shape index (κ2) is 4.46. The van der Waals surface area contributed by atoms with Crippen LogP contribution < -0.4 is 10.5 Å². The van der Waals surface area contributed by atoms with Crippen LogP contribution in [0.4, 0.5) is 0 Å². The molecule has 0 aliphatic carbocycles. The zero-order chi connectivity index (χ0) is 11.7. The van der Waals surface area contributed by atoms with Crippen LogP contribution in [0.1, 0.15) is 37.9 Å². The van der Waals surface area contributed by atoms with Crippen molar-refractivity contribution in [3.8, 4) is 5.75 Å². The van der Waals surface area contributed by atoms with Gasteiger partial charge in [0.2, 0.25) is 0 Å². The summed E-state index contributed by atoms with van der Waals surface area (Å²) in [5, 5.41) is 0. The molecule has 2 unspecified atom stereocenters. The molecule has 0 saturated heterocycles. The van der Waals surface area contributed by atoms with Gasteiger partial charge in [-0.05, 0) is 29.0 Å². The molecule has 1 aromatic rings. The van der Waals surface area contributed by atoms with Gasteiger partial charge in [0.25, 0.3) is 0 Å². The van der Waals surface area contributed by atoms with Crippen molar-refractivity contribution in [1.82, 2.24) is 0 Å². The Morgan fingerprint density at radius 2 is 2.00 bits per heavy atom. The third-order valence-electron chi connectivity index (χ3n) is 3.72. The van der Waals surface area contributed by atoms with E-state index in [1.54, 1.807) is 0 Å². The van der Waals surface area contributed by atoms with E-state index in [1.165, 1.54) is 11.1 Å². The van der Waals surface area contributed by atoms with Crippen molar-refractivity contribution in [1.29, 1.82) is 0 Å². The highest BCUT2D eigenvalue weighted by atomic mass is 16.5.